The molecule has 1 saturated heterocycles. The molecule has 1 aliphatic rings. The number of likely N-dealkylation sites (tertiary alicyclic amines) is 1. The van der Waals surface area contributed by atoms with Crippen molar-refractivity contribution in [2.24, 2.45) is 0 Å². The van der Waals surface area contributed by atoms with Gasteiger partial charge in [0.1, 0.15) is 6.26 Å². The number of ether oxygens (including phenoxy) is 1. The Bertz CT molecular complexity index is 407. The molecule has 1 aliphatic heterocycles. The van der Waals surface area contributed by atoms with Crippen molar-refractivity contribution in [3.8, 4) is 0 Å². The largest absolute Gasteiger partial charge is 0.478 e. The van der Waals surface area contributed by atoms with Crippen molar-refractivity contribution in [1.82, 2.24) is 4.90 Å². The molecular formula is C10H9NO6. The van der Waals surface area contributed by atoms with Gasteiger partial charge in [0.25, 0.3) is 0 Å². The summed E-state index contributed by atoms with van der Waals surface area (Å²) >= 11 is 0. The second-order valence-corrected chi connectivity index (χ2v) is 3.05. The Morgan fingerprint density at radius 1 is 1.18 bits per heavy atom. The third-order valence-electron chi connectivity index (χ3n) is 1.85. The quantitative estimate of drug-likeness (QED) is 0.315. The highest BCUT2D eigenvalue weighted by Crippen LogP contribution is 2.11. The van der Waals surface area contributed by atoms with E-state index in [1.165, 1.54) is 0 Å². The van der Waals surface area contributed by atoms with E-state index in [0.717, 1.165) is 17.4 Å². The molecule has 0 aromatic carbocycles. The summed E-state index contributed by atoms with van der Waals surface area (Å²) in [5.41, 5.74) is 0. The van der Waals surface area contributed by atoms with Crippen LogP contribution in [-0.2, 0) is 23.9 Å². The fourth-order valence-corrected chi connectivity index (χ4v) is 1.10. The van der Waals surface area contributed by atoms with Crippen LogP contribution < -0.4 is 0 Å². The zero-order valence-corrected chi connectivity index (χ0v) is 8.66. The minimum atomic E-state index is -1.28. The first-order valence-electron chi connectivity index (χ1n) is 4.64. The van der Waals surface area contributed by atoms with Crippen LogP contribution in [0.3, 0.4) is 0 Å². The number of hydrogen-bond donors (Lipinski definition) is 1. The third kappa shape index (κ3) is 3.90. The standard InChI is InChI=1S/C10H9NO6/c12-7-1-2-8(13)11(7)5-6-17-10(16)4-3-9(14)15/h3-6H,1-2H2,(H,14,15)/b4-3-,6-5+. The Balaban J connectivity index is 2.45. The molecule has 0 unspecified atom stereocenters. The van der Waals surface area contributed by atoms with E-state index in [9.17, 15) is 19.2 Å². The molecule has 7 nitrogen and oxygen atoms in total. The molecule has 0 aliphatic carbocycles. The molecule has 1 N–H and O–H groups in total. The van der Waals surface area contributed by atoms with Crippen molar-refractivity contribution >= 4 is 23.8 Å². The van der Waals surface area contributed by atoms with Crippen molar-refractivity contribution in [3.05, 3.63) is 24.6 Å². The first-order chi connectivity index (χ1) is 8.00. The number of amides is 2. The number of imide groups is 1. The highest BCUT2D eigenvalue weighted by Gasteiger charge is 2.26. The van der Waals surface area contributed by atoms with E-state index >= 15 is 0 Å². The average molecular weight is 239 g/mol. The van der Waals surface area contributed by atoms with Crippen molar-refractivity contribution in [1.29, 1.82) is 0 Å². The first-order valence-corrected chi connectivity index (χ1v) is 4.64. The number of rotatable bonds is 4. The summed E-state index contributed by atoms with van der Waals surface area (Å²) in [5.74, 6) is -2.94. The molecule has 1 fully saturated rings. The van der Waals surface area contributed by atoms with E-state index in [4.69, 9.17) is 5.11 Å². The normalized spacial score (nSPS) is 16.1. The van der Waals surface area contributed by atoms with Crippen molar-refractivity contribution in [3.63, 3.8) is 0 Å². The predicted octanol–water partition coefficient (Wildman–Crippen LogP) is -0.209. The highest BCUT2D eigenvalue weighted by molar-refractivity contribution is 6.03. The van der Waals surface area contributed by atoms with Crippen LogP contribution in [0.5, 0.6) is 0 Å². The molecule has 1 heterocycles. The Labute approximate surface area is 96.0 Å². The highest BCUT2D eigenvalue weighted by atomic mass is 16.5. The molecule has 2 amide bonds. The van der Waals surface area contributed by atoms with E-state index < -0.39 is 11.9 Å². The number of hydrogen-bond acceptors (Lipinski definition) is 5. The lowest BCUT2D eigenvalue weighted by Gasteiger charge is -2.05. The molecule has 0 aromatic rings. The van der Waals surface area contributed by atoms with E-state index in [-0.39, 0.29) is 24.7 Å². The van der Waals surface area contributed by atoms with Gasteiger partial charge in [0, 0.05) is 25.0 Å². The van der Waals surface area contributed by atoms with Gasteiger partial charge in [-0.3, -0.25) is 14.5 Å². The third-order valence-corrected chi connectivity index (χ3v) is 1.85. The van der Waals surface area contributed by atoms with Crippen LogP contribution >= 0.6 is 0 Å². The minimum Gasteiger partial charge on any atom is -0.478 e. The number of esters is 1. The maximum Gasteiger partial charge on any atom is 0.335 e. The van der Waals surface area contributed by atoms with Gasteiger partial charge in [-0.15, -0.1) is 0 Å². The van der Waals surface area contributed by atoms with Crippen molar-refractivity contribution < 1.29 is 29.0 Å². The second-order valence-electron chi connectivity index (χ2n) is 3.05. The van der Waals surface area contributed by atoms with Crippen LogP contribution in [0.25, 0.3) is 0 Å². The van der Waals surface area contributed by atoms with Gasteiger partial charge < -0.3 is 9.84 Å². The van der Waals surface area contributed by atoms with Gasteiger partial charge in [0.05, 0.1) is 6.20 Å². The zero-order valence-electron chi connectivity index (χ0n) is 8.66. The minimum absolute atomic E-state index is 0.135. The molecule has 7 heteroatoms. The van der Waals surface area contributed by atoms with E-state index in [1.807, 2.05) is 0 Å². The predicted molar refractivity (Wildman–Crippen MR) is 53.1 cm³/mol. The maximum absolute atomic E-state index is 11.1. The topological polar surface area (TPSA) is 101 Å². The number of carboxylic acid groups (broad SMARTS) is 1. The molecule has 0 bridgehead atoms. The van der Waals surface area contributed by atoms with Gasteiger partial charge in [-0.1, -0.05) is 0 Å². The average Bonchev–Trinajstić information content (AvgIpc) is 2.57. The Morgan fingerprint density at radius 3 is 2.29 bits per heavy atom. The summed E-state index contributed by atoms with van der Waals surface area (Å²) in [6.07, 6.45) is 3.48. The lowest BCUT2D eigenvalue weighted by molar-refractivity contribution is -0.137. The van der Waals surface area contributed by atoms with Crippen LogP contribution in [0.1, 0.15) is 12.8 Å². The number of carboxylic acids is 1. The summed E-state index contributed by atoms with van der Waals surface area (Å²) in [4.78, 5) is 44.0. The number of carbonyl (C=O) groups excluding carboxylic acids is 3. The molecule has 0 spiro atoms. The molecule has 1 rings (SSSR count). The Hall–Kier alpha value is -2.44. The summed E-state index contributed by atoms with van der Waals surface area (Å²) in [6, 6.07) is 0. The van der Waals surface area contributed by atoms with Crippen LogP contribution in [-0.4, -0.2) is 33.8 Å². The molecule has 0 aromatic heterocycles. The first kappa shape index (κ1) is 12.6. The molecular weight excluding hydrogens is 230 g/mol. The van der Waals surface area contributed by atoms with Crippen LogP contribution in [0.2, 0.25) is 0 Å². The summed E-state index contributed by atoms with van der Waals surface area (Å²) in [7, 11) is 0. The molecule has 0 saturated carbocycles. The fraction of sp³-hybridized carbons (Fsp3) is 0.200. The van der Waals surface area contributed by atoms with Crippen LogP contribution in [0, 0.1) is 0 Å². The molecule has 0 atom stereocenters. The Morgan fingerprint density at radius 2 is 1.76 bits per heavy atom. The van der Waals surface area contributed by atoms with Gasteiger partial charge in [-0.25, -0.2) is 9.59 Å². The molecule has 17 heavy (non-hydrogen) atoms. The lowest BCUT2D eigenvalue weighted by atomic mass is 10.4. The number of carbonyl (C=O) groups is 4. The van der Waals surface area contributed by atoms with E-state index in [0.29, 0.717) is 12.2 Å². The fourth-order valence-electron chi connectivity index (χ4n) is 1.10. The SMILES string of the molecule is O=C(O)/C=C\C(=O)O/C=C/N1C(=O)CCC1=O. The van der Waals surface area contributed by atoms with Gasteiger partial charge in [-0.2, -0.15) is 0 Å². The van der Waals surface area contributed by atoms with E-state index in [2.05, 4.69) is 4.74 Å². The zero-order chi connectivity index (χ0) is 12.8. The van der Waals surface area contributed by atoms with Gasteiger partial charge >= 0.3 is 11.9 Å². The van der Waals surface area contributed by atoms with Crippen LogP contribution in [0.15, 0.2) is 24.6 Å². The molecule has 90 valence electrons. The molecule has 0 radical (unpaired) electrons. The lowest BCUT2D eigenvalue weighted by Crippen LogP contribution is -2.22. The number of aliphatic carboxylic acids is 1. The van der Waals surface area contributed by atoms with Gasteiger partial charge in [0.15, 0.2) is 0 Å². The Kier molecular flexibility index (Phi) is 4.15. The van der Waals surface area contributed by atoms with E-state index in [1.54, 1.807) is 0 Å². The number of nitrogens with zero attached hydrogens (tertiary/aromatic N) is 1. The summed E-state index contributed by atoms with van der Waals surface area (Å²) in [6.45, 7) is 0. The van der Waals surface area contributed by atoms with Crippen molar-refractivity contribution in [2.75, 3.05) is 0 Å². The summed E-state index contributed by atoms with van der Waals surface area (Å²) in [5, 5.41) is 8.22. The monoisotopic (exact) mass is 239 g/mol. The van der Waals surface area contributed by atoms with Gasteiger partial charge in [0.2, 0.25) is 11.8 Å². The van der Waals surface area contributed by atoms with Crippen molar-refractivity contribution in [2.45, 2.75) is 12.8 Å². The smallest absolute Gasteiger partial charge is 0.335 e. The maximum atomic E-state index is 11.1. The second kappa shape index (κ2) is 5.59. The van der Waals surface area contributed by atoms with Gasteiger partial charge in [-0.05, 0) is 0 Å². The summed E-state index contributed by atoms with van der Waals surface area (Å²) < 4.78 is 4.44. The van der Waals surface area contributed by atoms with Crippen LogP contribution in [0.4, 0.5) is 0 Å².